The predicted octanol–water partition coefficient (Wildman–Crippen LogP) is 4.11. The summed E-state index contributed by atoms with van der Waals surface area (Å²) in [5, 5.41) is 13.0. The van der Waals surface area contributed by atoms with Crippen molar-refractivity contribution in [1.29, 1.82) is 0 Å². The first kappa shape index (κ1) is 20.8. The average molecular weight is 417 g/mol. The number of amides is 1. The summed E-state index contributed by atoms with van der Waals surface area (Å²) in [7, 11) is 0. The number of hydrogen-bond donors (Lipinski definition) is 1. The van der Waals surface area contributed by atoms with Crippen molar-refractivity contribution in [1.82, 2.24) is 29.9 Å². The van der Waals surface area contributed by atoms with Crippen LogP contribution in [0.2, 0.25) is 0 Å². The zero-order valence-electron chi connectivity index (χ0n) is 18.7. The fourth-order valence-electron chi connectivity index (χ4n) is 4.21. The van der Waals surface area contributed by atoms with Gasteiger partial charge in [-0.2, -0.15) is 10.2 Å². The number of aryl methyl sites for hydroxylation is 3. The van der Waals surface area contributed by atoms with Gasteiger partial charge in [-0.1, -0.05) is 18.2 Å². The van der Waals surface area contributed by atoms with E-state index in [9.17, 15) is 4.79 Å². The Bertz CT molecular complexity index is 1250. The maximum Gasteiger partial charge on any atom is 0.252 e. The number of pyridine rings is 1. The van der Waals surface area contributed by atoms with E-state index in [-0.39, 0.29) is 11.9 Å². The van der Waals surface area contributed by atoms with Gasteiger partial charge in [0, 0.05) is 35.1 Å². The lowest BCUT2D eigenvalue weighted by Crippen LogP contribution is -2.28. The summed E-state index contributed by atoms with van der Waals surface area (Å²) in [5.74, 6) is -0.118. The number of hydrogen-bond acceptors (Lipinski definition) is 4. The van der Waals surface area contributed by atoms with Crippen LogP contribution in [-0.4, -0.2) is 30.5 Å². The van der Waals surface area contributed by atoms with Gasteiger partial charge < -0.3 is 5.32 Å². The number of benzene rings is 1. The van der Waals surface area contributed by atoms with Crippen LogP contribution in [0.3, 0.4) is 0 Å². The van der Waals surface area contributed by atoms with E-state index in [2.05, 4.69) is 22.4 Å². The van der Waals surface area contributed by atoms with Gasteiger partial charge in [0.05, 0.1) is 35.1 Å². The molecule has 1 N–H and O–H groups in total. The normalized spacial score (nSPS) is 12.3. The highest BCUT2D eigenvalue weighted by Crippen LogP contribution is 2.24. The maximum absolute atomic E-state index is 13.4. The molecule has 0 spiro atoms. The molecule has 0 aliphatic carbocycles. The quantitative estimate of drug-likeness (QED) is 0.513. The second-order valence-electron chi connectivity index (χ2n) is 7.90. The van der Waals surface area contributed by atoms with Crippen LogP contribution in [0.5, 0.6) is 0 Å². The van der Waals surface area contributed by atoms with Gasteiger partial charge in [0.15, 0.2) is 0 Å². The number of fused-ring (bicyclic) bond motifs is 1. The van der Waals surface area contributed by atoms with Crippen LogP contribution < -0.4 is 5.32 Å². The molecule has 0 aliphatic rings. The van der Waals surface area contributed by atoms with Crippen molar-refractivity contribution in [2.24, 2.45) is 0 Å². The molecule has 3 heterocycles. The Labute approximate surface area is 182 Å². The number of carbonyl (C=O) groups excluding carboxylic acids is 1. The van der Waals surface area contributed by atoms with Crippen molar-refractivity contribution < 1.29 is 4.79 Å². The summed E-state index contributed by atoms with van der Waals surface area (Å²) in [4.78, 5) is 18.1. The average Bonchev–Trinajstić information content (AvgIpc) is 3.28. The first-order valence-electron chi connectivity index (χ1n) is 10.6. The van der Waals surface area contributed by atoms with Gasteiger partial charge in [0.25, 0.3) is 5.91 Å². The molecular weight excluding hydrogens is 388 g/mol. The molecule has 31 heavy (non-hydrogen) atoms. The lowest BCUT2D eigenvalue weighted by Gasteiger charge is -2.17. The van der Waals surface area contributed by atoms with E-state index in [0.717, 1.165) is 45.8 Å². The van der Waals surface area contributed by atoms with Crippen molar-refractivity contribution >= 4 is 16.8 Å². The van der Waals surface area contributed by atoms with Crippen LogP contribution in [0.4, 0.5) is 0 Å². The number of carbonyl (C=O) groups is 1. The van der Waals surface area contributed by atoms with Crippen LogP contribution in [0.25, 0.3) is 10.9 Å². The number of aromatic nitrogens is 5. The standard InChI is InChI=1S/C24H28N6O/c1-6-29-18(5)23(17(4)28-29)16(3)26-24(31)21-13-19(14-30-15(2)11-12-25-30)27-22-10-8-7-9-20(21)22/h7-13,16H,6,14H2,1-5H3,(H,26,31)/t16-/m0/s1. The lowest BCUT2D eigenvalue weighted by atomic mass is 10.0. The maximum atomic E-state index is 13.4. The Morgan fingerprint density at radius 3 is 2.58 bits per heavy atom. The summed E-state index contributed by atoms with van der Waals surface area (Å²) in [6.45, 7) is 11.4. The Balaban J connectivity index is 1.68. The van der Waals surface area contributed by atoms with Crippen LogP contribution in [0.15, 0.2) is 42.6 Å². The van der Waals surface area contributed by atoms with Crippen molar-refractivity contribution in [2.45, 2.75) is 53.8 Å². The fourth-order valence-corrected chi connectivity index (χ4v) is 4.21. The molecular formula is C24H28N6O. The first-order valence-corrected chi connectivity index (χ1v) is 10.6. The molecule has 1 amide bonds. The number of para-hydroxylation sites is 1. The zero-order chi connectivity index (χ0) is 22.1. The molecule has 0 unspecified atom stereocenters. The molecule has 4 rings (SSSR count). The summed E-state index contributed by atoms with van der Waals surface area (Å²) < 4.78 is 3.85. The van der Waals surface area contributed by atoms with Crippen LogP contribution in [0.1, 0.15) is 58.6 Å². The van der Waals surface area contributed by atoms with Crippen LogP contribution >= 0.6 is 0 Å². The van der Waals surface area contributed by atoms with Crippen molar-refractivity contribution in [3.05, 3.63) is 76.5 Å². The summed E-state index contributed by atoms with van der Waals surface area (Å²) in [6, 6.07) is 11.4. The Kier molecular flexibility index (Phi) is 5.59. The second kappa shape index (κ2) is 8.34. The van der Waals surface area contributed by atoms with Gasteiger partial charge in [-0.05, 0) is 52.8 Å². The molecule has 0 saturated carbocycles. The largest absolute Gasteiger partial charge is 0.345 e. The molecule has 7 heteroatoms. The SMILES string of the molecule is CCn1nc(C)c([C@H](C)NC(=O)c2cc(Cn3nccc3C)nc3ccccc23)c1C. The second-order valence-corrected chi connectivity index (χ2v) is 7.90. The first-order chi connectivity index (χ1) is 14.9. The number of rotatable bonds is 6. The van der Waals surface area contributed by atoms with E-state index in [1.54, 1.807) is 6.20 Å². The smallest absolute Gasteiger partial charge is 0.252 e. The molecule has 0 fully saturated rings. The molecule has 1 atom stereocenters. The minimum atomic E-state index is -0.156. The van der Waals surface area contributed by atoms with Crippen molar-refractivity contribution in [2.75, 3.05) is 0 Å². The molecule has 3 aromatic heterocycles. The Hall–Kier alpha value is -3.48. The third-order valence-corrected chi connectivity index (χ3v) is 5.77. The summed E-state index contributed by atoms with van der Waals surface area (Å²) in [6.07, 6.45) is 1.77. The molecule has 1 aromatic carbocycles. The van der Waals surface area contributed by atoms with Crippen LogP contribution in [-0.2, 0) is 13.1 Å². The van der Waals surface area contributed by atoms with E-state index >= 15 is 0 Å². The Morgan fingerprint density at radius 2 is 1.90 bits per heavy atom. The van der Waals surface area contributed by atoms with E-state index in [1.807, 2.05) is 73.5 Å². The highest BCUT2D eigenvalue weighted by atomic mass is 16.1. The molecule has 160 valence electrons. The Morgan fingerprint density at radius 1 is 1.13 bits per heavy atom. The van der Waals surface area contributed by atoms with Crippen LogP contribution in [0, 0.1) is 20.8 Å². The molecule has 0 aliphatic heterocycles. The fraction of sp³-hybridized carbons (Fsp3) is 0.333. The van der Waals surface area contributed by atoms with Gasteiger partial charge >= 0.3 is 0 Å². The van der Waals surface area contributed by atoms with E-state index in [4.69, 9.17) is 4.98 Å². The monoisotopic (exact) mass is 416 g/mol. The van der Waals surface area contributed by atoms with Gasteiger partial charge in [-0.15, -0.1) is 0 Å². The zero-order valence-corrected chi connectivity index (χ0v) is 18.7. The number of nitrogens with one attached hydrogen (secondary N) is 1. The predicted molar refractivity (Wildman–Crippen MR) is 121 cm³/mol. The molecule has 0 radical (unpaired) electrons. The van der Waals surface area contributed by atoms with Crippen molar-refractivity contribution in [3.63, 3.8) is 0 Å². The van der Waals surface area contributed by atoms with E-state index < -0.39 is 0 Å². The highest BCUT2D eigenvalue weighted by molar-refractivity contribution is 6.06. The minimum absolute atomic E-state index is 0.118. The summed E-state index contributed by atoms with van der Waals surface area (Å²) in [5.41, 5.74) is 6.37. The minimum Gasteiger partial charge on any atom is -0.345 e. The topological polar surface area (TPSA) is 77.6 Å². The number of nitrogens with zero attached hydrogens (tertiary/aromatic N) is 5. The highest BCUT2D eigenvalue weighted by Gasteiger charge is 2.21. The summed E-state index contributed by atoms with van der Waals surface area (Å²) >= 11 is 0. The van der Waals surface area contributed by atoms with Gasteiger partial charge in [0.1, 0.15) is 0 Å². The molecule has 0 saturated heterocycles. The molecule has 4 aromatic rings. The van der Waals surface area contributed by atoms with E-state index in [0.29, 0.717) is 12.1 Å². The van der Waals surface area contributed by atoms with Gasteiger partial charge in [-0.25, -0.2) is 0 Å². The third kappa shape index (κ3) is 3.95. The molecule has 0 bridgehead atoms. The van der Waals surface area contributed by atoms with E-state index in [1.165, 1.54) is 0 Å². The third-order valence-electron chi connectivity index (χ3n) is 5.77. The van der Waals surface area contributed by atoms with Gasteiger partial charge in [-0.3, -0.25) is 19.1 Å². The van der Waals surface area contributed by atoms with Gasteiger partial charge in [0.2, 0.25) is 0 Å². The lowest BCUT2D eigenvalue weighted by molar-refractivity contribution is 0.0941. The molecule has 7 nitrogen and oxygen atoms in total. The van der Waals surface area contributed by atoms with Crippen molar-refractivity contribution in [3.8, 4) is 0 Å².